The van der Waals surface area contributed by atoms with Crippen LogP contribution in [0.4, 0.5) is 9.18 Å². The lowest BCUT2D eigenvalue weighted by Crippen LogP contribution is -2.48. The highest BCUT2D eigenvalue weighted by Crippen LogP contribution is 2.38. The number of aromatic nitrogens is 3. The Morgan fingerprint density at radius 3 is 2.70 bits per heavy atom. The van der Waals surface area contributed by atoms with Crippen molar-refractivity contribution in [2.45, 2.75) is 38.6 Å². The van der Waals surface area contributed by atoms with Crippen LogP contribution in [0.5, 0.6) is 11.5 Å². The van der Waals surface area contributed by atoms with Crippen molar-refractivity contribution in [3.05, 3.63) is 36.0 Å². The van der Waals surface area contributed by atoms with Crippen LogP contribution in [-0.2, 0) is 9.53 Å². The van der Waals surface area contributed by atoms with Gasteiger partial charge in [-0.05, 0) is 56.7 Å². The number of fused-ring (bicyclic) bond motifs is 1. The van der Waals surface area contributed by atoms with Crippen molar-refractivity contribution < 1.29 is 28.2 Å². The van der Waals surface area contributed by atoms with Crippen LogP contribution in [0, 0.1) is 18.7 Å². The molecule has 3 heterocycles. The monoisotopic (exact) mass is 511 g/mol. The first-order chi connectivity index (χ1) is 17.9. The summed E-state index contributed by atoms with van der Waals surface area (Å²) in [5.74, 6) is 0.881. The molecule has 2 fully saturated rings. The van der Waals surface area contributed by atoms with Crippen LogP contribution in [0.3, 0.4) is 0 Å². The molecule has 1 saturated carbocycles. The number of carbonyl (C=O) groups excluding carboxylic acids is 2. The molecule has 37 heavy (non-hydrogen) atoms. The minimum Gasteiger partial charge on any atom is -0.493 e. The Hall–Kier alpha value is -3.73. The summed E-state index contributed by atoms with van der Waals surface area (Å²) in [6.45, 7) is 3.46. The zero-order chi connectivity index (χ0) is 25.9. The molecule has 0 spiro atoms. The third kappa shape index (κ3) is 5.66. The maximum absolute atomic E-state index is 14.2. The second kappa shape index (κ2) is 10.7. The van der Waals surface area contributed by atoms with E-state index in [9.17, 15) is 14.0 Å². The summed E-state index contributed by atoms with van der Waals surface area (Å²) in [5.41, 5.74) is 2.48. The predicted molar refractivity (Wildman–Crippen MR) is 133 cm³/mol. The van der Waals surface area contributed by atoms with Crippen molar-refractivity contribution in [2.24, 2.45) is 5.92 Å². The molecule has 1 aliphatic carbocycles. The highest BCUT2D eigenvalue weighted by atomic mass is 19.1. The number of aryl methyl sites for hydroxylation is 1. The van der Waals surface area contributed by atoms with Crippen LogP contribution in [-0.4, -0.2) is 71.3 Å². The number of hydrogen-bond donors (Lipinski definition) is 2. The van der Waals surface area contributed by atoms with Gasteiger partial charge in [-0.15, -0.1) is 0 Å². The maximum atomic E-state index is 14.2. The lowest BCUT2D eigenvalue weighted by molar-refractivity contribution is -0.136. The third-order valence-electron chi connectivity index (χ3n) is 6.72. The van der Waals surface area contributed by atoms with Gasteiger partial charge in [-0.1, -0.05) is 0 Å². The van der Waals surface area contributed by atoms with Crippen LogP contribution >= 0.6 is 0 Å². The van der Waals surface area contributed by atoms with Crippen LogP contribution < -0.4 is 14.8 Å². The average molecular weight is 512 g/mol. The number of carbonyl (C=O) groups is 2. The summed E-state index contributed by atoms with van der Waals surface area (Å²) in [5, 5.41) is 2.88. The number of benzene rings is 1. The molecule has 196 valence electrons. The lowest BCUT2D eigenvalue weighted by atomic mass is 10.1. The molecule has 11 heteroatoms. The molecule has 0 bridgehead atoms. The summed E-state index contributed by atoms with van der Waals surface area (Å²) >= 11 is 0. The van der Waals surface area contributed by atoms with Crippen molar-refractivity contribution in [3.63, 3.8) is 0 Å². The van der Waals surface area contributed by atoms with Gasteiger partial charge in [0, 0.05) is 31.8 Å². The Bertz CT molecular complexity index is 1300. The Morgan fingerprint density at radius 1 is 1.19 bits per heavy atom. The van der Waals surface area contributed by atoms with Gasteiger partial charge in [-0.2, -0.15) is 0 Å². The lowest BCUT2D eigenvalue weighted by Gasteiger charge is -2.32. The quantitative estimate of drug-likeness (QED) is 0.474. The first kappa shape index (κ1) is 24.9. The number of hydrogen-bond acceptors (Lipinski definition) is 7. The molecule has 3 aromatic rings. The zero-order valence-corrected chi connectivity index (χ0v) is 20.9. The fourth-order valence-corrected chi connectivity index (χ4v) is 4.51. The number of halogens is 1. The van der Waals surface area contributed by atoms with Gasteiger partial charge in [-0.3, -0.25) is 4.79 Å². The van der Waals surface area contributed by atoms with Crippen molar-refractivity contribution >= 4 is 23.0 Å². The summed E-state index contributed by atoms with van der Waals surface area (Å²) < 4.78 is 30.8. The van der Waals surface area contributed by atoms with Gasteiger partial charge in [0.15, 0.2) is 5.75 Å². The van der Waals surface area contributed by atoms with Crippen LogP contribution in [0.1, 0.15) is 31.4 Å². The summed E-state index contributed by atoms with van der Waals surface area (Å²) in [6.07, 6.45) is 4.26. The Morgan fingerprint density at radius 2 is 1.97 bits per heavy atom. The van der Waals surface area contributed by atoms with E-state index < -0.39 is 11.9 Å². The van der Waals surface area contributed by atoms with E-state index in [-0.39, 0.29) is 24.3 Å². The smallest absolute Gasteiger partial charge is 0.412 e. The Balaban J connectivity index is 1.31. The molecule has 0 unspecified atom stereocenters. The number of H-pyrrole nitrogens is 1. The number of methoxy groups -OCH3 is 1. The van der Waals surface area contributed by atoms with Crippen LogP contribution in [0.15, 0.2) is 24.5 Å². The van der Waals surface area contributed by atoms with E-state index in [0.29, 0.717) is 72.2 Å². The predicted octanol–water partition coefficient (Wildman–Crippen LogP) is 3.59. The van der Waals surface area contributed by atoms with E-state index in [4.69, 9.17) is 14.2 Å². The molecule has 5 rings (SSSR count). The van der Waals surface area contributed by atoms with Crippen molar-refractivity contribution in [1.82, 2.24) is 25.2 Å². The molecule has 10 nitrogen and oxygen atoms in total. The SMILES string of the molecule is COCC(=O)N1CCC(NC(=O)Oc2c(C)[nH]c3c(-c4cc(F)ccc4OCC4CC4)ncnc23)CC1. The van der Waals surface area contributed by atoms with Crippen LogP contribution in [0.2, 0.25) is 0 Å². The maximum Gasteiger partial charge on any atom is 0.412 e. The standard InChI is InChI=1S/C26H30FN5O5/c1-15-25(37-26(34)31-18-7-9-32(10-8-18)21(33)13-35-2)24-23(30-15)22(28-14-29-24)19-11-17(27)5-6-20(19)36-12-16-3-4-16/h5-6,11,14,16,18,30H,3-4,7-10,12-13H2,1-2H3,(H,31,34). The number of rotatable bonds is 8. The number of piperidine rings is 1. The highest BCUT2D eigenvalue weighted by molar-refractivity contribution is 5.96. The first-order valence-corrected chi connectivity index (χ1v) is 12.4. The van der Waals surface area contributed by atoms with E-state index in [2.05, 4.69) is 20.3 Å². The van der Waals surface area contributed by atoms with Crippen molar-refractivity contribution in [2.75, 3.05) is 33.4 Å². The Kier molecular flexibility index (Phi) is 7.22. The van der Waals surface area contributed by atoms with E-state index >= 15 is 0 Å². The highest BCUT2D eigenvalue weighted by Gasteiger charge is 2.26. The molecular weight excluding hydrogens is 481 g/mol. The van der Waals surface area contributed by atoms with Gasteiger partial charge in [-0.25, -0.2) is 19.2 Å². The topological polar surface area (TPSA) is 119 Å². The first-order valence-electron chi connectivity index (χ1n) is 12.4. The normalized spacial score (nSPS) is 16.1. The van der Waals surface area contributed by atoms with Gasteiger partial charge in [0.2, 0.25) is 5.91 Å². The minimum atomic E-state index is -0.606. The van der Waals surface area contributed by atoms with E-state index in [1.165, 1.54) is 25.6 Å². The minimum absolute atomic E-state index is 0.0492. The molecule has 1 aromatic carbocycles. The number of aromatic amines is 1. The number of nitrogens with zero attached hydrogens (tertiary/aromatic N) is 3. The fraction of sp³-hybridized carbons (Fsp3) is 0.462. The second-order valence-electron chi connectivity index (χ2n) is 9.54. The Labute approximate surface area is 213 Å². The molecule has 1 saturated heterocycles. The molecular formula is C26H30FN5O5. The van der Waals surface area contributed by atoms with Crippen LogP contribution in [0.25, 0.3) is 22.3 Å². The second-order valence-corrected chi connectivity index (χ2v) is 9.54. The van der Waals surface area contributed by atoms with Gasteiger partial charge in [0.25, 0.3) is 0 Å². The van der Waals surface area contributed by atoms with Gasteiger partial charge in [0.1, 0.15) is 35.7 Å². The van der Waals surface area contributed by atoms with Gasteiger partial charge >= 0.3 is 6.09 Å². The van der Waals surface area contributed by atoms with Gasteiger partial charge in [0.05, 0.1) is 17.8 Å². The van der Waals surface area contributed by atoms with Gasteiger partial charge < -0.3 is 29.4 Å². The molecule has 2 amide bonds. The number of amides is 2. The molecule has 0 radical (unpaired) electrons. The molecule has 2 N–H and O–H groups in total. The number of likely N-dealkylation sites (tertiary alicyclic amines) is 1. The average Bonchev–Trinajstić information content (AvgIpc) is 3.66. The fourth-order valence-electron chi connectivity index (χ4n) is 4.51. The largest absolute Gasteiger partial charge is 0.493 e. The third-order valence-corrected chi connectivity index (χ3v) is 6.72. The van der Waals surface area contributed by atoms with E-state index in [1.54, 1.807) is 17.9 Å². The number of nitrogens with one attached hydrogen (secondary N) is 2. The molecule has 0 atom stereocenters. The molecule has 1 aliphatic heterocycles. The molecule has 2 aromatic heterocycles. The summed E-state index contributed by atoms with van der Waals surface area (Å²) in [7, 11) is 1.49. The van der Waals surface area contributed by atoms with Crippen molar-refractivity contribution in [1.29, 1.82) is 0 Å². The number of ether oxygens (including phenoxy) is 3. The zero-order valence-electron chi connectivity index (χ0n) is 20.9. The summed E-state index contributed by atoms with van der Waals surface area (Å²) in [6, 6.07) is 4.24. The van der Waals surface area contributed by atoms with E-state index in [1.807, 2.05) is 0 Å². The van der Waals surface area contributed by atoms with E-state index in [0.717, 1.165) is 12.8 Å². The van der Waals surface area contributed by atoms with Crippen molar-refractivity contribution in [3.8, 4) is 22.8 Å². The summed E-state index contributed by atoms with van der Waals surface area (Å²) in [4.78, 5) is 38.4. The molecule has 2 aliphatic rings.